The SMILES string of the molecule is CCNC(Cc1c(Br)c(C)nn1CC)C1CCCC1C. The van der Waals surface area contributed by atoms with Gasteiger partial charge in [0.1, 0.15) is 0 Å². The second-order valence-electron chi connectivity index (χ2n) is 6.10. The largest absolute Gasteiger partial charge is 0.314 e. The summed E-state index contributed by atoms with van der Waals surface area (Å²) in [4.78, 5) is 0. The molecule has 2 rings (SSSR count). The van der Waals surface area contributed by atoms with Crippen molar-refractivity contribution in [2.75, 3.05) is 6.54 Å². The minimum atomic E-state index is 0.579. The number of aryl methyl sites for hydroxylation is 2. The second kappa shape index (κ2) is 7.08. The molecule has 3 nitrogen and oxygen atoms in total. The molecule has 0 spiro atoms. The van der Waals surface area contributed by atoms with Crippen LogP contribution in [0.3, 0.4) is 0 Å². The Labute approximate surface area is 131 Å². The molecule has 0 bridgehead atoms. The minimum absolute atomic E-state index is 0.579. The summed E-state index contributed by atoms with van der Waals surface area (Å²) in [5.41, 5.74) is 2.46. The Bertz CT molecular complexity index is 441. The molecule has 3 atom stereocenters. The molecule has 4 heteroatoms. The zero-order valence-electron chi connectivity index (χ0n) is 13.2. The molecule has 0 aliphatic heterocycles. The fourth-order valence-electron chi connectivity index (χ4n) is 3.68. The number of hydrogen-bond acceptors (Lipinski definition) is 2. The Hall–Kier alpha value is -0.350. The maximum absolute atomic E-state index is 4.63. The Balaban J connectivity index is 2.19. The molecule has 1 heterocycles. The van der Waals surface area contributed by atoms with Crippen molar-refractivity contribution in [3.63, 3.8) is 0 Å². The number of aromatic nitrogens is 2. The quantitative estimate of drug-likeness (QED) is 0.849. The monoisotopic (exact) mass is 341 g/mol. The summed E-state index contributed by atoms with van der Waals surface area (Å²) in [6.07, 6.45) is 5.23. The lowest BCUT2D eigenvalue weighted by Gasteiger charge is -2.28. The van der Waals surface area contributed by atoms with Crippen LogP contribution in [0.15, 0.2) is 4.47 Å². The normalized spacial score (nSPS) is 24.2. The van der Waals surface area contributed by atoms with Gasteiger partial charge in [-0.25, -0.2) is 0 Å². The number of halogens is 1. The van der Waals surface area contributed by atoms with Gasteiger partial charge in [0.15, 0.2) is 0 Å². The summed E-state index contributed by atoms with van der Waals surface area (Å²) in [6.45, 7) is 10.9. The van der Waals surface area contributed by atoms with Crippen LogP contribution in [-0.4, -0.2) is 22.4 Å². The topological polar surface area (TPSA) is 29.9 Å². The first-order valence-electron chi connectivity index (χ1n) is 8.03. The lowest BCUT2D eigenvalue weighted by Crippen LogP contribution is -2.39. The smallest absolute Gasteiger partial charge is 0.0738 e. The van der Waals surface area contributed by atoms with Crippen LogP contribution in [0.5, 0.6) is 0 Å². The van der Waals surface area contributed by atoms with Crippen LogP contribution in [-0.2, 0) is 13.0 Å². The van der Waals surface area contributed by atoms with E-state index in [2.05, 4.69) is 58.7 Å². The van der Waals surface area contributed by atoms with Gasteiger partial charge in [0.05, 0.1) is 15.9 Å². The van der Waals surface area contributed by atoms with Crippen molar-refractivity contribution in [2.45, 2.75) is 66.0 Å². The third kappa shape index (κ3) is 3.28. The van der Waals surface area contributed by atoms with Crippen LogP contribution in [0.2, 0.25) is 0 Å². The van der Waals surface area contributed by atoms with Crippen LogP contribution >= 0.6 is 15.9 Å². The molecule has 1 aliphatic carbocycles. The first kappa shape index (κ1) is 16.0. The van der Waals surface area contributed by atoms with E-state index in [1.165, 1.54) is 29.4 Å². The summed E-state index contributed by atoms with van der Waals surface area (Å²) in [5.74, 6) is 1.65. The molecule has 0 amide bonds. The summed E-state index contributed by atoms with van der Waals surface area (Å²) < 4.78 is 3.36. The van der Waals surface area contributed by atoms with E-state index in [0.717, 1.165) is 37.0 Å². The summed E-state index contributed by atoms with van der Waals surface area (Å²) in [6, 6.07) is 0.579. The predicted octanol–water partition coefficient (Wildman–Crippen LogP) is 3.93. The van der Waals surface area contributed by atoms with Crippen LogP contribution in [0.25, 0.3) is 0 Å². The van der Waals surface area contributed by atoms with Crippen molar-refractivity contribution < 1.29 is 0 Å². The third-order valence-electron chi connectivity index (χ3n) is 4.78. The molecule has 1 saturated carbocycles. The maximum Gasteiger partial charge on any atom is 0.0738 e. The van der Waals surface area contributed by atoms with Gasteiger partial charge in [-0.3, -0.25) is 4.68 Å². The summed E-state index contributed by atoms with van der Waals surface area (Å²) >= 11 is 3.73. The van der Waals surface area contributed by atoms with Gasteiger partial charge in [-0.15, -0.1) is 0 Å². The Kier molecular flexibility index (Phi) is 5.67. The van der Waals surface area contributed by atoms with E-state index in [4.69, 9.17) is 0 Å². The summed E-state index contributed by atoms with van der Waals surface area (Å²) in [7, 11) is 0. The van der Waals surface area contributed by atoms with Gasteiger partial charge in [0, 0.05) is 19.0 Å². The number of hydrogen-bond donors (Lipinski definition) is 1. The molecular formula is C16H28BrN3. The molecule has 1 aliphatic rings. The van der Waals surface area contributed by atoms with Gasteiger partial charge in [-0.2, -0.15) is 5.10 Å². The Morgan fingerprint density at radius 2 is 2.15 bits per heavy atom. The van der Waals surface area contributed by atoms with E-state index in [-0.39, 0.29) is 0 Å². The first-order valence-corrected chi connectivity index (χ1v) is 8.82. The number of nitrogens with zero attached hydrogens (tertiary/aromatic N) is 2. The highest BCUT2D eigenvalue weighted by Gasteiger charge is 2.31. The van der Waals surface area contributed by atoms with Crippen molar-refractivity contribution in [1.82, 2.24) is 15.1 Å². The maximum atomic E-state index is 4.63. The zero-order chi connectivity index (χ0) is 14.7. The van der Waals surface area contributed by atoms with E-state index in [1.54, 1.807) is 0 Å². The van der Waals surface area contributed by atoms with Crippen molar-refractivity contribution in [3.05, 3.63) is 15.9 Å². The molecule has 0 saturated heterocycles. The molecule has 114 valence electrons. The van der Waals surface area contributed by atoms with Crippen LogP contribution in [0.1, 0.15) is 51.4 Å². The molecule has 1 N–H and O–H groups in total. The highest BCUT2D eigenvalue weighted by molar-refractivity contribution is 9.10. The Morgan fingerprint density at radius 1 is 1.40 bits per heavy atom. The fourth-order valence-corrected chi connectivity index (χ4v) is 4.13. The molecule has 0 aromatic carbocycles. The van der Waals surface area contributed by atoms with E-state index in [0.29, 0.717) is 6.04 Å². The number of nitrogens with one attached hydrogen (secondary N) is 1. The lowest BCUT2D eigenvalue weighted by molar-refractivity contribution is 0.294. The highest BCUT2D eigenvalue weighted by Crippen LogP contribution is 2.35. The van der Waals surface area contributed by atoms with Gasteiger partial charge in [-0.05, 0) is 54.6 Å². The molecule has 3 unspecified atom stereocenters. The van der Waals surface area contributed by atoms with Crippen LogP contribution < -0.4 is 5.32 Å². The fraction of sp³-hybridized carbons (Fsp3) is 0.812. The van der Waals surface area contributed by atoms with Gasteiger partial charge < -0.3 is 5.32 Å². The number of likely N-dealkylation sites (N-methyl/N-ethyl adjacent to an activating group) is 1. The minimum Gasteiger partial charge on any atom is -0.314 e. The van der Waals surface area contributed by atoms with Crippen LogP contribution in [0, 0.1) is 18.8 Å². The first-order chi connectivity index (χ1) is 9.58. The number of rotatable bonds is 6. The van der Waals surface area contributed by atoms with Gasteiger partial charge in [-0.1, -0.05) is 26.7 Å². The van der Waals surface area contributed by atoms with E-state index >= 15 is 0 Å². The highest BCUT2D eigenvalue weighted by atomic mass is 79.9. The molecule has 1 aromatic heterocycles. The van der Waals surface area contributed by atoms with Crippen LogP contribution in [0.4, 0.5) is 0 Å². The van der Waals surface area contributed by atoms with Gasteiger partial charge >= 0.3 is 0 Å². The van der Waals surface area contributed by atoms with Crippen molar-refractivity contribution in [1.29, 1.82) is 0 Å². The third-order valence-corrected chi connectivity index (χ3v) is 5.81. The second-order valence-corrected chi connectivity index (χ2v) is 6.90. The molecule has 1 aromatic rings. The average molecular weight is 342 g/mol. The predicted molar refractivity (Wildman–Crippen MR) is 88.0 cm³/mol. The standard InChI is InChI=1S/C16H28BrN3/c1-5-18-14(13-9-7-8-11(13)3)10-15-16(17)12(4)19-20(15)6-2/h11,13-14,18H,5-10H2,1-4H3. The van der Waals surface area contributed by atoms with E-state index in [1.807, 2.05) is 0 Å². The molecule has 1 fully saturated rings. The van der Waals surface area contributed by atoms with Gasteiger partial charge in [0.2, 0.25) is 0 Å². The van der Waals surface area contributed by atoms with E-state index in [9.17, 15) is 0 Å². The van der Waals surface area contributed by atoms with Crippen molar-refractivity contribution in [2.24, 2.45) is 11.8 Å². The van der Waals surface area contributed by atoms with Crippen molar-refractivity contribution >= 4 is 15.9 Å². The summed E-state index contributed by atoms with van der Waals surface area (Å²) in [5, 5.41) is 8.36. The molecule has 20 heavy (non-hydrogen) atoms. The average Bonchev–Trinajstić information content (AvgIpc) is 2.96. The molecule has 0 radical (unpaired) electrons. The Morgan fingerprint density at radius 3 is 2.70 bits per heavy atom. The van der Waals surface area contributed by atoms with E-state index < -0.39 is 0 Å². The van der Waals surface area contributed by atoms with Gasteiger partial charge in [0.25, 0.3) is 0 Å². The molecular weight excluding hydrogens is 314 g/mol. The van der Waals surface area contributed by atoms with Crippen molar-refractivity contribution in [3.8, 4) is 0 Å². The lowest BCUT2D eigenvalue weighted by atomic mass is 9.87. The zero-order valence-corrected chi connectivity index (χ0v) is 14.8.